The molecule has 0 spiro atoms. The van der Waals surface area contributed by atoms with E-state index in [1.807, 2.05) is 27.2 Å². The van der Waals surface area contributed by atoms with E-state index in [2.05, 4.69) is 31.3 Å². The van der Waals surface area contributed by atoms with Gasteiger partial charge in [0, 0.05) is 6.42 Å². The summed E-state index contributed by atoms with van der Waals surface area (Å²) in [7, 11) is 1.24. The Bertz CT molecular complexity index is 784. The molecule has 0 aliphatic heterocycles. The number of allylic oxidation sites excluding steroid dienone is 3. The van der Waals surface area contributed by atoms with Crippen LogP contribution in [0.4, 0.5) is 0 Å². The van der Waals surface area contributed by atoms with E-state index < -0.39 is 26.6 Å². The van der Waals surface area contributed by atoms with Gasteiger partial charge in [-0.1, -0.05) is 128 Å². The van der Waals surface area contributed by atoms with Gasteiger partial charge in [0.15, 0.2) is 0 Å². The van der Waals surface area contributed by atoms with Gasteiger partial charge in [0.1, 0.15) is 13.2 Å². The maximum Gasteiger partial charge on any atom is 0.268 e. The number of carbonyl (C=O) groups is 1. The summed E-state index contributed by atoms with van der Waals surface area (Å²) in [6.07, 6.45) is 29.4. The summed E-state index contributed by atoms with van der Waals surface area (Å²) in [6.45, 7) is 4.55. The number of aliphatic hydroxyl groups is 1. The molecule has 2 N–H and O–H groups in total. The van der Waals surface area contributed by atoms with Gasteiger partial charge >= 0.3 is 0 Å². The van der Waals surface area contributed by atoms with E-state index in [0.717, 1.165) is 38.5 Å². The number of nitrogens with one attached hydrogen (secondary N) is 1. The first-order valence-corrected chi connectivity index (χ1v) is 19.2. The third-order valence-electron chi connectivity index (χ3n) is 7.66. The van der Waals surface area contributed by atoms with E-state index >= 15 is 0 Å². The Morgan fingerprint density at radius 1 is 0.773 bits per heavy atom. The predicted octanol–water partition coefficient (Wildman–Crippen LogP) is 7.99. The number of hydrogen-bond donors (Lipinski definition) is 2. The number of hydrogen-bond acceptors (Lipinski definition) is 6. The summed E-state index contributed by atoms with van der Waals surface area (Å²) < 4.78 is 23.0. The molecule has 8 nitrogen and oxygen atoms in total. The Hall–Kier alpha value is -1.02. The molecular formula is C35H69N2O6P. The molecule has 0 bridgehead atoms. The van der Waals surface area contributed by atoms with Crippen molar-refractivity contribution in [2.75, 3.05) is 40.9 Å². The van der Waals surface area contributed by atoms with Crippen LogP contribution in [0.25, 0.3) is 0 Å². The average molecular weight is 645 g/mol. The molecule has 0 aromatic rings. The van der Waals surface area contributed by atoms with Crippen LogP contribution in [0.2, 0.25) is 0 Å². The molecule has 3 atom stereocenters. The second-order valence-electron chi connectivity index (χ2n) is 13.2. The van der Waals surface area contributed by atoms with Crippen LogP contribution in [0.5, 0.6) is 0 Å². The molecular weight excluding hydrogens is 575 g/mol. The van der Waals surface area contributed by atoms with Crippen molar-refractivity contribution >= 4 is 13.7 Å². The fourth-order valence-corrected chi connectivity index (χ4v) is 5.48. The van der Waals surface area contributed by atoms with Crippen molar-refractivity contribution in [1.82, 2.24) is 5.32 Å². The van der Waals surface area contributed by atoms with E-state index in [1.54, 1.807) is 6.08 Å². The fraction of sp³-hybridized carbons (Fsp3) is 0.857. The average Bonchev–Trinajstić information content (AvgIpc) is 2.95. The summed E-state index contributed by atoms with van der Waals surface area (Å²) in [5.74, 6) is -0.212. The topological polar surface area (TPSA) is 108 Å². The van der Waals surface area contributed by atoms with Crippen molar-refractivity contribution in [1.29, 1.82) is 0 Å². The summed E-state index contributed by atoms with van der Waals surface area (Å²) in [4.78, 5) is 25.0. The van der Waals surface area contributed by atoms with Crippen molar-refractivity contribution in [3.63, 3.8) is 0 Å². The Morgan fingerprint density at radius 2 is 1.27 bits per heavy atom. The van der Waals surface area contributed by atoms with E-state index in [0.29, 0.717) is 17.4 Å². The van der Waals surface area contributed by atoms with Crippen molar-refractivity contribution in [3.05, 3.63) is 24.3 Å². The third kappa shape index (κ3) is 29.7. The lowest BCUT2D eigenvalue weighted by molar-refractivity contribution is -0.870. The highest BCUT2D eigenvalue weighted by Gasteiger charge is 2.23. The molecule has 0 aliphatic carbocycles. The maximum atomic E-state index is 12.7. The molecule has 0 saturated heterocycles. The van der Waals surface area contributed by atoms with Gasteiger partial charge < -0.3 is 28.8 Å². The number of aliphatic hydroxyl groups excluding tert-OH is 1. The molecule has 44 heavy (non-hydrogen) atoms. The molecule has 0 aromatic carbocycles. The van der Waals surface area contributed by atoms with Gasteiger partial charge in [-0.15, -0.1) is 0 Å². The maximum absolute atomic E-state index is 12.7. The highest BCUT2D eigenvalue weighted by molar-refractivity contribution is 7.45. The van der Waals surface area contributed by atoms with Gasteiger partial charge in [0.05, 0.1) is 39.9 Å². The minimum Gasteiger partial charge on any atom is -0.756 e. The van der Waals surface area contributed by atoms with Crippen molar-refractivity contribution in [3.8, 4) is 0 Å². The van der Waals surface area contributed by atoms with Crippen LogP contribution in [-0.4, -0.2) is 68.5 Å². The number of nitrogens with zero attached hydrogens (tertiary/aromatic N) is 1. The first-order chi connectivity index (χ1) is 21.0. The number of likely N-dealkylation sites (N-methyl/N-ethyl adjacent to an activating group) is 1. The summed E-state index contributed by atoms with van der Waals surface area (Å²) in [6, 6.07) is -0.894. The summed E-state index contributed by atoms with van der Waals surface area (Å²) in [5, 5.41) is 13.6. The minimum atomic E-state index is -4.58. The van der Waals surface area contributed by atoms with Crippen LogP contribution in [-0.2, 0) is 18.4 Å². The fourth-order valence-electron chi connectivity index (χ4n) is 4.75. The van der Waals surface area contributed by atoms with Gasteiger partial charge in [0.2, 0.25) is 5.91 Å². The third-order valence-corrected chi connectivity index (χ3v) is 8.63. The number of carbonyl (C=O) groups excluding carboxylic acids is 1. The lowest BCUT2D eigenvalue weighted by atomic mass is 10.0. The molecule has 0 radical (unpaired) electrons. The smallest absolute Gasteiger partial charge is 0.268 e. The zero-order valence-electron chi connectivity index (χ0n) is 29.1. The van der Waals surface area contributed by atoms with Crippen LogP contribution in [0.3, 0.4) is 0 Å². The molecule has 260 valence electrons. The SMILES string of the molecule is CCCCCC/C=C/CC/C=C/[C@@H](O)[C@H](COP(=O)([O-])OCC[N+](C)(C)C)NC(=O)CCCCCCCCCCCCCC. The van der Waals surface area contributed by atoms with Crippen molar-refractivity contribution in [2.45, 2.75) is 154 Å². The lowest BCUT2D eigenvalue weighted by Crippen LogP contribution is -2.45. The largest absolute Gasteiger partial charge is 0.756 e. The van der Waals surface area contributed by atoms with E-state index in [-0.39, 0.29) is 12.5 Å². The zero-order chi connectivity index (χ0) is 32.9. The van der Waals surface area contributed by atoms with Gasteiger partial charge in [-0.25, -0.2) is 0 Å². The van der Waals surface area contributed by atoms with E-state index in [4.69, 9.17) is 9.05 Å². The number of phosphoric acid groups is 1. The van der Waals surface area contributed by atoms with Gasteiger partial charge in [-0.2, -0.15) is 0 Å². The molecule has 9 heteroatoms. The van der Waals surface area contributed by atoms with Crippen LogP contribution in [0, 0.1) is 0 Å². The van der Waals surface area contributed by atoms with Crippen LogP contribution in [0.15, 0.2) is 24.3 Å². The quantitative estimate of drug-likeness (QED) is 0.0343. The molecule has 0 saturated carbocycles. The van der Waals surface area contributed by atoms with Crippen LogP contribution < -0.4 is 10.2 Å². The second-order valence-corrected chi connectivity index (χ2v) is 14.6. The predicted molar refractivity (Wildman–Crippen MR) is 182 cm³/mol. The molecule has 1 amide bonds. The Balaban J connectivity index is 4.62. The Labute approximate surface area is 271 Å². The number of quaternary nitrogens is 1. The van der Waals surface area contributed by atoms with Crippen molar-refractivity contribution in [2.24, 2.45) is 0 Å². The monoisotopic (exact) mass is 644 g/mol. The number of amides is 1. The first-order valence-electron chi connectivity index (χ1n) is 17.7. The van der Waals surface area contributed by atoms with Crippen LogP contribution >= 0.6 is 7.82 Å². The van der Waals surface area contributed by atoms with Gasteiger partial charge in [0.25, 0.3) is 7.82 Å². The van der Waals surface area contributed by atoms with Crippen molar-refractivity contribution < 1.29 is 32.9 Å². The normalized spacial score (nSPS) is 15.2. The van der Waals surface area contributed by atoms with E-state index in [1.165, 1.54) is 83.5 Å². The molecule has 0 heterocycles. The highest BCUT2D eigenvalue weighted by Crippen LogP contribution is 2.38. The molecule has 0 aromatic heterocycles. The zero-order valence-corrected chi connectivity index (χ0v) is 30.0. The number of rotatable bonds is 31. The van der Waals surface area contributed by atoms with Gasteiger partial charge in [-0.3, -0.25) is 9.36 Å². The molecule has 0 rings (SSSR count). The van der Waals surface area contributed by atoms with E-state index in [9.17, 15) is 19.4 Å². The Morgan fingerprint density at radius 3 is 1.84 bits per heavy atom. The molecule has 0 aliphatic rings. The summed E-state index contributed by atoms with van der Waals surface area (Å²) >= 11 is 0. The molecule has 1 unspecified atom stereocenters. The standard InChI is InChI=1S/C35H69N2O6P/c1-6-8-10-12-14-16-18-19-21-23-25-27-29-35(39)36-33(32-43-44(40,41)42-31-30-37(3,4)5)34(38)28-26-24-22-20-17-15-13-11-9-7-2/h17,20,26,28,33-34,38H,6-16,18-19,21-25,27,29-32H2,1-5H3,(H-,36,39,40,41)/b20-17+,28-26+/t33-,34+/m0/s1. The second kappa shape index (κ2) is 28.2. The molecule has 0 fully saturated rings. The number of unbranched alkanes of at least 4 members (excludes halogenated alkanes) is 16. The minimum absolute atomic E-state index is 0.00512. The van der Waals surface area contributed by atoms with Crippen LogP contribution in [0.1, 0.15) is 142 Å². The number of phosphoric ester groups is 1. The first kappa shape index (κ1) is 43.0. The highest BCUT2D eigenvalue weighted by atomic mass is 31.2. The summed E-state index contributed by atoms with van der Waals surface area (Å²) in [5.41, 5.74) is 0. The Kier molecular flexibility index (Phi) is 27.6. The lowest BCUT2D eigenvalue weighted by Gasteiger charge is -2.29. The van der Waals surface area contributed by atoms with Gasteiger partial charge in [-0.05, 0) is 32.1 Å².